The Labute approximate surface area is 62.7 Å². The van der Waals surface area contributed by atoms with Crippen molar-refractivity contribution in [1.29, 1.82) is 0 Å². The van der Waals surface area contributed by atoms with Crippen LogP contribution in [0.4, 0.5) is 0 Å². The summed E-state index contributed by atoms with van der Waals surface area (Å²) >= 11 is 6.97. The van der Waals surface area contributed by atoms with Crippen molar-refractivity contribution in [3.05, 3.63) is 0 Å². The smallest absolute Gasteiger partial charge is 0.0115 e. The quantitative estimate of drug-likeness (QED) is 0.661. The molecule has 0 nitrogen and oxygen atoms in total. The van der Waals surface area contributed by atoms with E-state index < -0.39 is 8.46 Å². The van der Waals surface area contributed by atoms with Crippen LogP contribution in [0.5, 0.6) is 0 Å². The molecule has 0 aromatic rings. The molecule has 0 unspecified atom stereocenters. The Morgan fingerprint density at radius 1 is 1.43 bits per heavy atom. The summed E-state index contributed by atoms with van der Waals surface area (Å²) in [5.41, 5.74) is 0. The molecular formula is C4H10Br2S. The molecule has 0 N–H and O–H groups in total. The molecule has 0 bridgehead atoms. The van der Waals surface area contributed by atoms with Gasteiger partial charge in [-0.25, -0.2) is 0 Å². The van der Waals surface area contributed by atoms with Gasteiger partial charge in [-0.2, -0.15) is 8.46 Å². The summed E-state index contributed by atoms with van der Waals surface area (Å²) in [4.78, 5) is 0. The minimum absolute atomic E-state index is 0.409. The molecule has 0 heterocycles. The normalized spacial score (nSPS) is 14.3. The molecule has 46 valence electrons. The van der Waals surface area contributed by atoms with Crippen molar-refractivity contribution in [2.45, 2.75) is 0 Å². The van der Waals surface area contributed by atoms with Crippen molar-refractivity contribution < 1.29 is 0 Å². The summed E-state index contributed by atoms with van der Waals surface area (Å²) in [6, 6.07) is 0. The molecule has 0 saturated heterocycles. The molecule has 0 saturated carbocycles. The molecule has 0 radical (unpaired) electrons. The second-order valence-electron chi connectivity index (χ2n) is 1.80. The molecule has 0 spiro atoms. The van der Waals surface area contributed by atoms with Gasteiger partial charge >= 0.3 is 0 Å². The van der Waals surface area contributed by atoms with E-state index in [-0.39, 0.29) is 0 Å². The van der Waals surface area contributed by atoms with Gasteiger partial charge in [-0.1, -0.05) is 15.9 Å². The first kappa shape index (κ1) is 8.31. The fraction of sp³-hybridized carbons (Fsp3) is 1.00. The predicted octanol–water partition coefficient (Wildman–Crippen LogP) is 2.76. The summed E-state index contributed by atoms with van der Waals surface area (Å²) in [6.45, 7) is 0. The average Bonchev–Trinajstić information content (AvgIpc) is 1.30. The van der Waals surface area contributed by atoms with Crippen LogP contribution in [-0.2, 0) is 0 Å². The van der Waals surface area contributed by atoms with Gasteiger partial charge in [-0.05, 0) is 33.1 Å². The van der Waals surface area contributed by atoms with Gasteiger partial charge in [0.25, 0.3) is 0 Å². The van der Waals surface area contributed by atoms with E-state index in [1.165, 1.54) is 5.75 Å². The highest BCUT2D eigenvalue weighted by molar-refractivity contribution is 9.58. The van der Waals surface area contributed by atoms with Crippen molar-refractivity contribution in [2.24, 2.45) is 0 Å². The summed E-state index contributed by atoms with van der Waals surface area (Å²) < 4.78 is 0. The van der Waals surface area contributed by atoms with Crippen LogP contribution in [0.25, 0.3) is 0 Å². The van der Waals surface area contributed by atoms with Crippen LogP contribution in [0.15, 0.2) is 0 Å². The fourth-order valence-electron chi connectivity index (χ4n) is 0.183. The van der Waals surface area contributed by atoms with Gasteiger partial charge in [0.15, 0.2) is 0 Å². The van der Waals surface area contributed by atoms with Gasteiger partial charge in [-0.15, -0.1) is 0 Å². The van der Waals surface area contributed by atoms with Crippen LogP contribution >= 0.6 is 39.2 Å². The van der Waals surface area contributed by atoms with E-state index >= 15 is 0 Å². The molecule has 0 fully saturated rings. The third-order valence-corrected chi connectivity index (χ3v) is 3.63. The van der Waals surface area contributed by atoms with E-state index in [0.29, 0.717) is 0 Å². The highest BCUT2D eigenvalue weighted by atomic mass is 79.9. The van der Waals surface area contributed by atoms with Crippen molar-refractivity contribution in [3.63, 3.8) is 0 Å². The molecule has 7 heavy (non-hydrogen) atoms. The van der Waals surface area contributed by atoms with Crippen molar-refractivity contribution in [3.8, 4) is 0 Å². The van der Waals surface area contributed by atoms with Crippen molar-refractivity contribution in [2.75, 3.05) is 23.6 Å². The highest BCUT2D eigenvalue weighted by Gasteiger charge is 2.02. The van der Waals surface area contributed by atoms with Gasteiger partial charge in [0.05, 0.1) is 0 Å². The first-order valence-electron chi connectivity index (χ1n) is 2.03. The molecule has 0 amide bonds. The lowest BCUT2D eigenvalue weighted by Gasteiger charge is -2.19. The van der Waals surface area contributed by atoms with E-state index in [1.807, 2.05) is 0 Å². The monoisotopic (exact) mass is 248 g/mol. The molecule has 0 atom stereocenters. The number of alkyl halides is 1. The SMILES string of the molecule is CS(C)(Br)CCBr. The highest BCUT2D eigenvalue weighted by Crippen LogP contribution is 2.47. The molecule has 0 rings (SSSR count). The molecule has 0 aliphatic carbocycles. The topological polar surface area (TPSA) is 0 Å². The van der Waals surface area contributed by atoms with E-state index in [1.54, 1.807) is 0 Å². The maximum atomic E-state index is 3.59. The van der Waals surface area contributed by atoms with Crippen molar-refractivity contribution in [1.82, 2.24) is 0 Å². The van der Waals surface area contributed by atoms with Crippen molar-refractivity contribution >= 4 is 39.2 Å². The standard InChI is InChI=1S/C4H10Br2S/c1-7(2,6)4-3-5/h3-4H2,1-2H3. The second-order valence-corrected chi connectivity index (χ2v) is 11.1. The lowest BCUT2D eigenvalue weighted by molar-refractivity contribution is 1.57. The Hall–Kier alpha value is 1.31. The largest absolute Gasteiger partial charge is 0.188 e. The zero-order valence-electron chi connectivity index (χ0n) is 4.58. The summed E-state index contributed by atoms with van der Waals surface area (Å²) in [7, 11) is -0.409. The van der Waals surface area contributed by atoms with Gasteiger partial charge in [0, 0.05) is 5.33 Å². The van der Waals surface area contributed by atoms with Crippen LogP contribution in [0.1, 0.15) is 0 Å². The van der Waals surface area contributed by atoms with Crippen LogP contribution in [0.3, 0.4) is 0 Å². The zero-order chi connectivity index (χ0) is 5.91. The maximum Gasteiger partial charge on any atom is 0.0115 e. The summed E-state index contributed by atoms with van der Waals surface area (Å²) in [5, 5.41) is 1.11. The van der Waals surface area contributed by atoms with Gasteiger partial charge in [0.2, 0.25) is 0 Å². The fourth-order valence-corrected chi connectivity index (χ4v) is 4.77. The summed E-state index contributed by atoms with van der Waals surface area (Å²) in [5.74, 6) is 1.26. The average molecular weight is 250 g/mol. The van der Waals surface area contributed by atoms with E-state index in [4.69, 9.17) is 0 Å². The van der Waals surface area contributed by atoms with Crippen LogP contribution in [-0.4, -0.2) is 23.6 Å². The minimum Gasteiger partial charge on any atom is -0.188 e. The van der Waals surface area contributed by atoms with Gasteiger partial charge in [-0.3, -0.25) is 0 Å². The Morgan fingerprint density at radius 3 is 1.86 bits per heavy atom. The first-order valence-corrected chi connectivity index (χ1v) is 7.61. The molecule has 0 aliphatic rings. The Balaban J connectivity index is 3.15. The number of halogens is 2. The van der Waals surface area contributed by atoms with Gasteiger partial charge in [0.1, 0.15) is 0 Å². The van der Waals surface area contributed by atoms with Gasteiger partial charge < -0.3 is 0 Å². The first-order chi connectivity index (χ1) is 3.06. The molecular weight excluding hydrogens is 240 g/mol. The van der Waals surface area contributed by atoms with Crippen LogP contribution < -0.4 is 0 Å². The number of hydrogen-bond donors (Lipinski definition) is 0. The Kier molecular flexibility index (Phi) is 3.99. The van der Waals surface area contributed by atoms with Crippen LogP contribution in [0.2, 0.25) is 0 Å². The molecule has 0 aromatic heterocycles. The minimum atomic E-state index is -0.409. The third kappa shape index (κ3) is 7.31. The third-order valence-electron chi connectivity index (χ3n) is 0.563. The van der Waals surface area contributed by atoms with Crippen LogP contribution in [0, 0.1) is 0 Å². The molecule has 0 aliphatic heterocycles. The lowest BCUT2D eigenvalue weighted by atomic mass is 11.0. The summed E-state index contributed by atoms with van der Waals surface area (Å²) in [6.07, 6.45) is 4.49. The number of rotatable bonds is 2. The molecule has 3 heteroatoms. The predicted molar refractivity (Wildman–Crippen MR) is 47.0 cm³/mol. The van der Waals surface area contributed by atoms with E-state index in [2.05, 4.69) is 43.3 Å². The Bertz CT molecular complexity index is 48.1. The second kappa shape index (κ2) is 3.36. The maximum absolute atomic E-state index is 3.59. The molecule has 0 aromatic carbocycles. The number of hydrogen-bond acceptors (Lipinski definition) is 0. The lowest BCUT2D eigenvalue weighted by Crippen LogP contribution is -1.91. The van der Waals surface area contributed by atoms with E-state index in [9.17, 15) is 0 Å². The van der Waals surface area contributed by atoms with E-state index in [0.717, 1.165) is 5.33 Å². The zero-order valence-corrected chi connectivity index (χ0v) is 8.57. The Morgan fingerprint density at radius 2 is 1.86 bits per heavy atom.